The summed E-state index contributed by atoms with van der Waals surface area (Å²) in [5.74, 6) is -0.366. The number of carbonyl (C=O) groups is 2. The number of hydrogen-bond donors (Lipinski definition) is 3. The minimum atomic E-state index is -1.10. The van der Waals surface area contributed by atoms with E-state index in [2.05, 4.69) is 15.3 Å². The van der Waals surface area contributed by atoms with E-state index < -0.39 is 17.7 Å². The van der Waals surface area contributed by atoms with Crippen molar-refractivity contribution in [1.82, 2.24) is 15.3 Å². The summed E-state index contributed by atoms with van der Waals surface area (Å²) in [6.45, 7) is 3.90. The first-order valence-corrected chi connectivity index (χ1v) is 11.2. The number of nitrogens with one attached hydrogen (secondary N) is 2. The van der Waals surface area contributed by atoms with E-state index in [-0.39, 0.29) is 30.0 Å². The quantitative estimate of drug-likeness (QED) is 0.414. The van der Waals surface area contributed by atoms with Crippen LogP contribution in [0.1, 0.15) is 46.8 Å². The molecular formula is C25H31N3O7. The number of esters is 1. The molecule has 10 heteroatoms. The Balaban J connectivity index is 2.01. The molecule has 0 aromatic carbocycles. The van der Waals surface area contributed by atoms with E-state index in [9.17, 15) is 14.7 Å². The standard InChI is InChI=1S/C25H31N3O7/c1-16(29)14-28-23(30)19-9-12-27-22(19)25(35-17(2)15-32-3)10-5-7-18(13-25)34-20-8-6-11-26-21(20)24(31)33-4/h5-9,11-13,16-17,27,29H,10,14-15H2,1-4H3,(H,28,30)/t16-,17+,25?/m1/s1. The number of allylic oxidation sites excluding steroid dienone is 1. The maximum absolute atomic E-state index is 12.9. The fourth-order valence-corrected chi connectivity index (χ4v) is 3.79. The van der Waals surface area contributed by atoms with Crippen LogP contribution in [0.25, 0.3) is 0 Å². The van der Waals surface area contributed by atoms with Crippen molar-refractivity contribution in [2.45, 2.75) is 38.1 Å². The molecule has 3 N–H and O–H groups in total. The van der Waals surface area contributed by atoms with Crippen LogP contribution in [-0.2, 0) is 19.8 Å². The summed E-state index contributed by atoms with van der Waals surface area (Å²) in [4.78, 5) is 32.2. The molecular weight excluding hydrogens is 454 g/mol. The third-order valence-electron chi connectivity index (χ3n) is 5.24. The van der Waals surface area contributed by atoms with Gasteiger partial charge in [0.1, 0.15) is 11.4 Å². The zero-order chi connectivity index (χ0) is 25.4. The van der Waals surface area contributed by atoms with Crippen LogP contribution >= 0.6 is 0 Å². The molecule has 2 aromatic heterocycles. The molecule has 0 saturated heterocycles. The molecule has 35 heavy (non-hydrogen) atoms. The first kappa shape index (κ1) is 26.1. The number of carbonyl (C=O) groups excluding carboxylic acids is 2. The van der Waals surface area contributed by atoms with Gasteiger partial charge in [-0.25, -0.2) is 9.78 Å². The van der Waals surface area contributed by atoms with E-state index in [0.29, 0.717) is 30.0 Å². The van der Waals surface area contributed by atoms with Crippen molar-refractivity contribution in [3.63, 3.8) is 0 Å². The summed E-state index contributed by atoms with van der Waals surface area (Å²) in [7, 11) is 2.85. The van der Waals surface area contributed by atoms with Crippen molar-refractivity contribution in [2.75, 3.05) is 27.4 Å². The van der Waals surface area contributed by atoms with Crippen LogP contribution in [0.4, 0.5) is 0 Å². The number of H-pyrrole nitrogens is 1. The number of aliphatic hydroxyl groups is 1. The van der Waals surface area contributed by atoms with Gasteiger partial charge in [0.15, 0.2) is 11.4 Å². The lowest BCUT2D eigenvalue weighted by Crippen LogP contribution is -2.38. The molecule has 1 amide bonds. The molecule has 1 aliphatic rings. The summed E-state index contributed by atoms with van der Waals surface area (Å²) < 4.78 is 22.5. The molecule has 0 bridgehead atoms. The highest BCUT2D eigenvalue weighted by molar-refractivity contribution is 5.96. The van der Waals surface area contributed by atoms with Gasteiger partial charge >= 0.3 is 5.97 Å². The lowest BCUT2D eigenvalue weighted by atomic mass is 9.88. The minimum absolute atomic E-state index is 0.0345. The molecule has 2 heterocycles. The monoisotopic (exact) mass is 485 g/mol. The van der Waals surface area contributed by atoms with Crippen molar-refractivity contribution in [2.24, 2.45) is 0 Å². The smallest absolute Gasteiger partial charge is 0.360 e. The molecule has 3 rings (SSSR count). The van der Waals surface area contributed by atoms with Gasteiger partial charge in [0, 0.05) is 32.5 Å². The average molecular weight is 486 g/mol. The Bertz CT molecular complexity index is 1090. The van der Waals surface area contributed by atoms with Gasteiger partial charge in [-0.2, -0.15) is 0 Å². The van der Waals surface area contributed by atoms with Gasteiger partial charge in [-0.3, -0.25) is 4.79 Å². The van der Waals surface area contributed by atoms with Gasteiger partial charge in [0.25, 0.3) is 5.91 Å². The van der Waals surface area contributed by atoms with Crippen molar-refractivity contribution in [3.8, 4) is 5.75 Å². The number of aliphatic hydroxyl groups excluding tert-OH is 1. The average Bonchev–Trinajstić information content (AvgIpc) is 3.34. The van der Waals surface area contributed by atoms with Crippen molar-refractivity contribution < 1.29 is 33.6 Å². The van der Waals surface area contributed by atoms with E-state index in [1.54, 1.807) is 50.6 Å². The van der Waals surface area contributed by atoms with Crippen molar-refractivity contribution in [3.05, 3.63) is 71.5 Å². The van der Waals surface area contributed by atoms with Gasteiger partial charge in [-0.1, -0.05) is 6.08 Å². The van der Waals surface area contributed by atoms with E-state index in [1.165, 1.54) is 13.3 Å². The van der Waals surface area contributed by atoms with Crippen LogP contribution in [-0.4, -0.2) is 66.5 Å². The van der Waals surface area contributed by atoms with Crippen LogP contribution in [0, 0.1) is 0 Å². The van der Waals surface area contributed by atoms with Gasteiger partial charge in [0.05, 0.1) is 37.2 Å². The first-order chi connectivity index (χ1) is 16.8. The van der Waals surface area contributed by atoms with Crippen LogP contribution in [0.2, 0.25) is 0 Å². The number of hydrogen-bond acceptors (Lipinski definition) is 8. The van der Waals surface area contributed by atoms with Crippen molar-refractivity contribution >= 4 is 11.9 Å². The number of aromatic amines is 1. The molecule has 0 radical (unpaired) electrons. The molecule has 0 fully saturated rings. The number of ether oxygens (including phenoxy) is 4. The van der Waals surface area contributed by atoms with Crippen LogP contribution < -0.4 is 10.1 Å². The molecule has 0 aliphatic heterocycles. The maximum Gasteiger partial charge on any atom is 0.360 e. The lowest BCUT2D eigenvalue weighted by molar-refractivity contribution is -0.0874. The highest BCUT2D eigenvalue weighted by Crippen LogP contribution is 2.39. The molecule has 0 saturated carbocycles. The minimum Gasteiger partial charge on any atom is -0.464 e. The predicted octanol–water partition coefficient (Wildman–Crippen LogP) is 2.48. The highest BCUT2D eigenvalue weighted by atomic mass is 16.5. The largest absolute Gasteiger partial charge is 0.464 e. The van der Waals surface area contributed by atoms with E-state index >= 15 is 0 Å². The Morgan fingerprint density at radius 2 is 2.09 bits per heavy atom. The predicted molar refractivity (Wildman–Crippen MR) is 127 cm³/mol. The second-order valence-electron chi connectivity index (χ2n) is 8.20. The Hall–Kier alpha value is -3.47. The number of nitrogens with zero attached hydrogens (tertiary/aromatic N) is 1. The maximum atomic E-state index is 12.9. The summed E-state index contributed by atoms with van der Waals surface area (Å²) in [6.07, 6.45) is 7.89. The summed E-state index contributed by atoms with van der Waals surface area (Å²) in [6, 6.07) is 4.92. The molecule has 188 valence electrons. The number of rotatable bonds is 11. The van der Waals surface area contributed by atoms with Gasteiger partial charge in [-0.05, 0) is 44.2 Å². The summed E-state index contributed by atoms with van der Waals surface area (Å²) in [5, 5.41) is 12.3. The Labute approximate surface area is 203 Å². The van der Waals surface area contributed by atoms with Gasteiger partial charge < -0.3 is 34.4 Å². The van der Waals surface area contributed by atoms with Crippen molar-refractivity contribution in [1.29, 1.82) is 0 Å². The summed E-state index contributed by atoms with van der Waals surface area (Å²) in [5.41, 5.74) is -0.171. The lowest BCUT2D eigenvalue weighted by Gasteiger charge is -2.35. The third kappa shape index (κ3) is 6.36. The second-order valence-corrected chi connectivity index (χ2v) is 8.20. The fraction of sp³-hybridized carbons (Fsp3) is 0.400. The summed E-state index contributed by atoms with van der Waals surface area (Å²) >= 11 is 0. The second kappa shape index (κ2) is 11.8. The fourth-order valence-electron chi connectivity index (χ4n) is 3.79. The normalized spacial score (nSPS) is 18.9. The van der Waals surface area contributed by atoms with Crippen LogP contribution in [0.3, 0.4) is 0 Å². The van der Waals surface area contributed by atoms with Gasteiger partial charge in [0.2, 0.25) is 0 Å². The Morgan fingerprint density at radius 1 is 1.29 bits per heavy atom. The van der Waals surface area contributed by atoms with E-state index in [0.717, 1.165) is 0 Å². The molecule has 10 nitrogen and oxygen atoms in total. The molecule has 1 aliphatic carbocycles. The molecule has 0 spiro atoms. The highest BCUT2D eigenvalue weighted by Gasteiger charge is 2.39. The first-order valence-electron chi connectivity index (χ1n) is 11.2. The number of amides is 1. The topological polar surface area (TPSA) is 132 Å². The van der Waals surface area contributed by atoms with Crippen LogP contribution in [0.15, 0.2) is 54.6 Å². The zero-order valence-corrected chi connectivity index (χ0v) is 20.2. The molecule has 2 aromatic rings. The third-order valence-corrected chi connectivity index (χ3v) is 5.24. The zero-order valence-electron chi connectivity index (χ0n) is 20.2. The number of pyridine rings is 1. The SMILES string of the molecule is COC[C@H](C)OC1(c2[nH]ccc2C(=O)NC[C@@H](C)O)C=C(Oc2cccnc2C(=O)OC)C=CC1. The molecule has 1 unspecified atom stereocenters. The van der Waals surface area contributed by atoms with Crippen LogP contribution in [0.5, 0.6) is 5.75 Å². The van der Waals surface area contributed by atoms with E-state index in [4.69, 9.17) is 18.9 Å². The number of aromatic nitrogens is 2. The molecule has 3 atom stereocenters. The Morgan fingerprint density at radius 3 is 2.80 bits per heavy atom. The Kier molecular flexibility index (Phi) is 8.80. The van der Waals surface area contributed by atoms with E-state index in [1.807, 2.05) is 13.0 Å². The van der Waals surface area contributed by atoms with Gasteiger partial charge in [-0.15, -0.1) is 0 Å². The number of methoxy groups -OCH3 is 2.